The quantitative estimate of drug-likeness (QED) is 0.908. The van der Waals surface area contributed by atoms with Crippen molar-refractivity contribution in [1.29, 1.82) is 0 Å². The smallest absolute Gasteiger partial charge is 0.250 e. The third-order valence-corrected chi connectivity index (χ3v) is 2.31. The first kappa shape index (κ1) is 11.4. The van der Waals surface area contributed by atoms with E-state index in [1.54, 1.807) is 36.4 Å². The summed E-state index contributed by atoms with van der Waals surface area (Å²) < 4.78 is 5.45. The van der Waals surface area contributed by atoms with Gasteiger partial charge in [0.2, 0.25) is 11.8 Å². The molecule has 0 aliphatic rings. The molecule has 0 radical (unpaired) electrons. The molecule has 86 valence electrons. The number of carbonyl (C=O) groups excluding carboxylic acids is 1. The van der Waals surface area contributed by atoms with Gasteiger partial charge in [-0.1, -0.05) is 11.6 Å². The van der Waals surface area contributed by atoms with E-state index in [0.29, 0.717) is 22.2 Å². The molecule has 4 nitrogen and oxygen atoms in total. The third-order valence-electron chi connectivity index (χ3n) is 2.06. The number of carbonyl (C=O) groups is 1. The minimum atomic E-state index is -0.518. The average Bonchev–Trinajstić information content (AvgIpc) is 2.33. The van der Waals surface area contributed by atoms with Crippen molar-refractivity contribution in [2.75, 3.05) is 0 Å². The molecular formula is C12H9ClN2O2. The fraction of sp³-hybridized carbons (Fsp3) is 0. The van der Waals surface area contributed by atoms with Crippen molar-refractivity contribution >= 4 is 17.5 Å². The summed E-state index contributed by atoms with van der Waals surface area (Å²) in [6.45, 7) is 0. The van der Waals surface area contributed by atoms with Crippen LogP contribution in [0, 0.1) is 0 Å². The molecule has 0 aliphatic carbocycles. The molecular weight excluding hydrogens is 240 g/mol. The number of hydrogen-bond donors (Lipinski definition) is 1. The van der Waals surface area contributed by atoms with Crippen molar-refractivity contribution in [3.05, 3.63) is 53.2 Å². The van der Waals surface area contributed by atoms with Crippen LogP contribution in [0.3, 0.4) is 0 Å². The summed E-state index contributed by atoms with van der Waals surface area (Å²) in [6.07, 6.45) is 1.37. The van der Waals surface area contributed by atoms with Gasteiger partial charge in [0.05, 0.1) is 5.56 Å². The van der Waals surface area contributed by atoms with E-state index in [0.717, 1.165) is 0 Å². The maximum Gasteiger partial charge on any atom is 0.250 e. The number of ether oxygens (including phenoxy) is 1. The number of aromatic nitrogens is 1. The molecule has 0 unspecified atom stereocenters. The Labute approximate surface area is 103 Å². The lowest BCUT2D eigenvalue weighted by Crippen LogP contribution is -2.10. The summed E-state index contributed by atoms with van der Waals surface area (Å²) >= 11 is 5.75. The monoisotopic (exact) mass is 248 g/mol. The Morgan fingerprint density at radius 1 is 1.18 bits per heavy atom. The maximum atomic E-state index is 10.8. The molecule has 0 spiro atoms. The summed E-state index contributed by atoms with van der Waals surface area (Å²) in [5.41, 5.74) is 5.44. The van der Waals surface area contributed by atoms with Gasteiger partial charge in [0.1, 0.15) is 5.75 Å². The standard InChI is InChI=1S/C12H9ClN2O2/c13-9-2-4-10(5-3-9)17-11-6-1-8(7-15-11)12(14)16/h1-7H,(H2,14,16). The second kappa shape index (κ2) is 4.84. The first-order valence-corrected chi connectivity index (χ1v) is 5.22. The molecule has 2 N–H and O–H groups in total. The molecule has 0 bridgehead atoms. The highest BCUT2D eigenvalue weighted by molar-refractivity contribution is 6.30. The van der Waals surface area contributed by atoms with E-state index in [9.17, 15) is 4.79 Å². The van der Waals surface area contributed by atoms with Crippen LogP contribution in [-0.4, -0.2) is 10.9 Å². The zero-order chi connectivity index (χ0) is 12.3. The van der Waals surface area contributed by atoms with Crippen LogP contribution in [0.15, 0.2) is 42.6 Å². The summed E-state index contributed by atoms with van der Waals surface area (Å²) in [5.74, 6) is 0.488. The van der Waals surface area contributed by atoms with E-state index < -0.39 is 5.91 Å². The summed E-state index contributed by atoms with van der Waals surface area (Å²) in [6, 6.07) is 10.0. The first-order valence-electron chi connectivity index (χ1n) is 4.84. The number of pyridine rings is 1. The lowest BCUT2D eigenvalue weighted by Gasteiger charge is -2.04. The average molecular weight is 249 g/mol. The third kappa shape index (κ3) is 2.95. The zero-order valence-electron chi connectivity index (χ0n) is 8.76. The van der Waals surface area contributed by atoms with E-state index in [1.165, 1.54) is 6.20 Å². The van der Waals surface area contributed by atoms with Crippen molar-refractivity contribution < 1.29 is 9.53 Å². The molecule has 1 amide bonds. The van der Waals surface area contributed by atoms with Crippen LogP contribution in [-0.2, 0) is 0 Å². The van der Waals surface area contributed by atoms with E-state index in [-0.39, 0.29) is 0 Å². The molecule has 0 atom stereocenters. The normalized spacial score (nSPS) is 9.94. The number of nitrogens with two attached hydrogens (primary N) is 1. The molecule has 1 heterocycles. The summed E-state index contributed by atoms with van der Waals surface area (Å²) in [4.78, 5) is 14.8. The first-order chi connectivity index (χ1) is 8.15. The SMILES string of the molecule is NC(=O)c1ccc(Oc2ccc(Cl)cc2)nc1. The lowest BCUT2D eigenvalue weighted by atomic mass is 10.3. The molecule has 0 fully saturated rings. The molecule has 5 heteroatoms. The van der Waals surface area contributed by atoms with Gasteiger partial charge in [-0.3, -0.25) is 4.79 Å². The Bertz CT molecular complexity index is 523. The minimum absolute atomic E-state index is 0.341. The largest absolute Gasteiger partial charge is 0.439 e. The predicted molar refractivity (Wildman–Crippen MR) is 64.3 cm³/mol. The van der Waals surface area contributed by atoms with E-state index in [2.05, 4.69) is 4.98 Å². The lowest BCUT2D eigenvalue weighted by molar-refractivity contribution is 0.1000. The van der Waals surface area contributed by atoms with E-state index >= 15 is 0 Å². The summed E-state index contributed by atoms with van der Waals surface area (Å²) in [5, 5.41) is 0.634. The molecule has 17 heavy (non-hydrogen) atoms. The maximum absolute atomic E-state index is 10.8. The number of primary amides is 1. The Kier molecular flexibility index (Phi) is 3.25. The molecule has 2 rings (SSSR count). The Morgan fingerprint density at radius 3 is 2.41 bits per heavy atom. The van der Waals surface area contributed by atoms with Gasteiger partial charge < -0.3 is 10.5 Å². The van der Waals surface area contributed by atoms with Crippen LogP contribution < -0.4 is 10.5 Å². The van der Waals surface area contributed by atoms with Crippen LogP contribution in [0.25, 0.3) is 0 Å². The van der Waals surface area contributed by atoms with Crippen molar-refractivity contribution in [3.8, 4) is 11.6 Å². The highest BCUT2D eigenvalue weighted by Gasteiger charge is 2.02. The van der Waals surface area contributed by atoms with Gasteiger partial charge in [0, 0.05) is 17.3 Å². The topological polar surface area (TPSA) is 65.2 Å². The Hall–Kier alpha value is -2.07. The second-order valence-corrected chi connectivity index (χ2v) is 3.74. The van der Waals surface area contributed by atoms with Crippen molar-refractivity contribution in [1.82, 2.24) is 4.98 Å². The van der Waals surface area contributed by atoms with Crippen molar-refractivity contribution in [2.45, 2.75) is 0 Å². The molecule has 0 aliphatic heterocycles. The van der Waals surface area contributed by atoms with E-state index in [1.807, 2.05) is 0 Å². The number of halogens is 1. The molecule has 1 aromatic heterocycles. The van der Waals surface area contributed by atoms with Gasteiger partial charge in [0.25, 0.3) is 0 Å². The number of benzene rings is 1. The van der Waals surface area contributed by atoms with Gasteiger partial charge in [-0.05, 0) is 30.3 Å². The fourth-order valence-corrected chi connectivity index (χ4v) is 1.34. The van der Waals surface area contributed by atoms with Gasteiger partial charge in [0.15, 0.2) is 0 Å². The predicted octanol–water partition coefficient (Wildman–Crippen LogP) is 2.63. The van der Waals surface area contributed by atoms with Crippen LogP contribution in [0.4, 0.5) is 0 Å². The number of rotatable bonds is 3. The Morgan fingerprint density at radius 2 is 1.88 bits per heavy atom. The van der Waals surface area contributed by atoms with Crippen LogP contribution in [0.5, 0.6) is 11.6 Å². The fourth-order valence-electron chi connectivity index (χ4n) is 1.21. The minimum Gasteiger partial charge on any atom is -0.439 e. The molecule has 1 aromatic carbocycles. The van der Waals surface area contributed by atoms with Crippen molar-refractivity contribution in [2.24, 2.45) is 5.73 Å². The second-order valence-electron chi connectivity index (χ2n) is 3.31. The van der Waals surface area contributed by atoms with Gasteiger partial charge in [-0.2, -0.15) is 0 Å². The van der Waals surface area contributed by atoms with Crippen LogP contribution in [0.1, 0.15) is 10.4 Å². The molecule has 0 saturated heterocycles. The highest BCUT2D eigenvalue weighted by atomic mass is 35.5. The van der Waals surface area contributed by atoms with Gasteiger partial charge in [-0.25, -0.2) is 4.98 Å². The molecule has 2 aromatic rings. The number of amides is 1. The summed E-state index contributed by atoms with van der Waals surface area (Å²) in [7, 11) is 0. The van der Waals surface area contributed by atoms with Crippen LogP contribution in [0.2, 0.25) is 5.02 Å². The molecule has 0 saturated carbocycles. The van der Waals surface area contributed by atoms with Crippen molar-refractivity contribution in [3.63, 3.8) is 0 Å². The van der Waals surface area contributed by atoms with Gasteiger partial charge >= 0.3 is 0 Å². The zero-order valence-corrected chi connectivity index (χ0v) is 9.52. The Balaban J connectivity index is 2.13. The van der Waals surface area contributed by atoms with Gasteiger partial charge in [-0.15, -0.1) is 0 Å². The van der Waals surface area contributed by atoms with Crippen LogP contribution >= 0.6 is 11.6 Å². The number of hydrogen-bond acceptors (Lipinski definition) is 3. The highest BCUT2D eigenvalue weighted by Crippen LogP contribution is 2.21. The number of nitrogens with zero attached hydrogens (tertiary/aromatic N) is 1. The van der Waals surface area contributed by atoms with E-state index in [4.69, 9.17) is 22.1 Å².